The van der Waals surface area contributed by atoms with Crippen molar-refractivity contribution >= 4 is 11.6 Å². The SMILES string of the molecule is ClCCN(CCc1ccc2c(c1)CCO2)C1CCCCC1. The number of alkyl halides is 1. The van der Waals surface area contributed by atoms with Crippen LogP contribution in [0.1, 0.15) is 43.2 Å². The Kier molecular flexibility index (Phi) is 5.43. The van der Waals surface area contributed by atoms with E-state index in [0.717, 1.165) is 50.2 Å². The second kappa shape index (κ2) is 7.51. The maximum atomic E-state index is 6.02. The highest BCUT2D eigenvalue weighted by Crippen LogP contribution is 2.27. The fourth-order valence-corrected chi connectivity index (χ4v) is 3.92. The highest BCUT2D eigenvalue weighted by atomic mass is 35.5. The molecule has 21 heavy (non-hydrogen) atoms. The van der Waals surface area contributed by atoms with Crippen molar-refractivity contribution in [3.63, 3.8) is 0 Å². The van der Waals surface area contributed by atoms with Gasteiger partial charge in [-0.15, -0.1) is 11.6 Å². The number of nitrogens with zero attached hydrogens (tertiary/aromatic N) is 1. The zero-order chi connectivity index (χ0) is 14.5. The Hall–Kier alpha value is -0.730. The van der Waals surface area contributed by atoms with Gasteiger partial charge in [0.05, 0.1) is 6.61 Å². The Labute approximate surface area is 133 Å². The highest BCUT2D eigenvalue weighted by Gasteiger charge is 2.20. The van der Waals surface area contributed by atoms with E-state index in [9.17, 15) is 0 Å². The van der Waals surface area contributed by atoms with Gasteiger partial charge in [0.25, 0.3) is 0 Å². The van der Waals surface area contributed by atoms with Crippen molar-refractivity contribution < 1.29 is 4.74 Å². The first-order chi connectivity index (χ1) is 10.4. The van der Waals surface area contributed by atoms with Gasteiger partial charge in [0.15, 0.2) is 0 Å². The smallest absolute Gasteiger partial charge is 0.122 e. The van der Waals surface area contributed by atoms with Crippen LogP contribution in [0.4, 0.5) is 0 Å². The molecule has 2 nitrogen and oxygen atoms in total. The molecule has 1 aromatic carbocycles. The monoisotopic (exact) mass is 307 g/mol. The second-order valence-corrected chi connectivity index (χ2v) is 6.69. The molecule has 0 bridgehead atoms. The van der Waals surface area contributed by atoms with Gasteiger partial charge in [0.2, 0.25) is 0 Å². The third-order valence-electron chi connectivity index (χ3n) is 4.90. The highest BCUT2D eigenvalue weighted by molar-refractivity contribution is 6.18. The van der Waals surface area contributed by atoms with Crippen LogP contribution in [-0.4, -0.2) is 36.5 Å². The van der Waals surface area contributed by atoms with E-state index in [-0.39, 0.29) is 0 Å². The second-order valence-electron chi connectivity index (χ2n) is 6.31. The van der Waals surface area contributed by atoms with Crippen LogP contribution in [0.25, 0.3) is 0 Å². The van der Waals surface area contributed by atoms with E-state index in [1.165, 1.54) is 43.2 Å². The number of ether oxygens (including phenoxy) is 1. The lowest BCUT2D eigenvalue weighted by Crippen LogP contribution is -2.39. The molecule has 1 saturated carbocycles. The first-order valence-corrected chi connectivity index (χ1v) is 8.95. The van der Waals surface area contributed by atoms with E-state index in [1.54, 1.807) is 0 Å². The largest absolute Gasteiger partial charge is 0.493 e. The fourth-order valence-electron chi connectivity index (χ4n) is 3.70. The van der Waals surface area contributed by atoms with E-state index in [1.807, 2.05) is 0 Å². The normalized spacial score (nSPS) is 18.8. The summed E-state index contributed by atoms with van der Waals surface area (Å²) in [5.41, 5.74) is 2.82. The molecule has 0 aromatic heterocycles. The minimum absolute atomic E-state index is 0.745. The van der Waals surface area contributed by atoms with Crippen LogP contribution in [0.2, 0.25) is 0 Å². The van der Waals surface area contributed by atoms with E-state index < -0.39 is 0 Å². The molecule has 0 radical (unpaired) electrons. The molecule has 0 atom stereocenters. The lowest BCUT2D eigenvalue weighted by atomic mass is 9.94. The fraction of sp³-hybridized carbons (Fsp3) is 0.667. The lowest BCUT2D eigenvalue weighted by molar-refractivity contribution is 0.166. The number of hydrogen-bond acceptors (Lipinski definition) is 2. The number of halogens is 1. The molecule has 2 aliphatic rings. The average Bonchev–Trinajstić information content (AvgIpc) is 3.00. The summed E-state index contributed by atoms with van der Waals surface area (Å²) in [7, 11) is 0. The van der Waals surface area contributed by atoms with Crippen LogP contribution >= 0.6 is 11.6 Å². The Morgan fingerprint density at radius 2 is 2.00 bits per heavy atom. The van der Waals surface area contributed by atoms with Crippen LogP contribution in [0.15, 0.2) is 18.2 Å². The Bertz CT molecular complexity index is 457. The summed E-state index contributed by atoms with van der Waals surface area (Å²) in [6.45, 7) is 3.01. The van der Waals surface area contributed by atoms with Gasteiger partial charge in [-0.3, -0.25) is 4.90 Å². The molecule has 1 aliphatic heterocycles. The molecule has 1 fully saturated rings. The number of fused-ring (bicyclic) bond motifs is 1. The molecular weight excluding hydrogens is 282 g/mol. The third kappa shape index (κ3) is 3.92. The van der Waals surface area contributed by atoms with Crippen LogP contribution in [0.3, 0.4) is 0 Å². The standard InChI is InChI=1S/C18H26ClNO/c19-10-12-20(17-4-2-1-3-5-17)11-8-15-6-7-18-16(14-15)9-13-21-18/h6-7,14,17H,1-5,8-13H2. The maximum Gasteiger partial charge on any atom is 0.122 e. The van der Waals surface area contributed by atoms with Crippen LogP contribution in [0, 0.1) is 0 Å². The molecule has 116 valence electrons. The molecule has 0 saturated heterocycles. The van der Waals surface area contributed by atoms with Crippen molar-refractivity contribution in [3.8, 4) is 5.75 Å². The molecular formula is C18H26ClNO. The summed E-state index contributed by atoms with van der Waals surface area (Å²) in [6.07, 6.45) is 9.09. The minimum Gasteiger partial charge on any atom is -0.493 e. The number of benzene rings is 1. The summed E-state index contributed by atoms with van der Waals surface area (Å²) in [4.78, 5) is 2.62. The van der Waals surface area contributed by atoms with Crippen molar-refractivity contribution in [1.82, 2.24) is 4.90 Å². The quantitative estimate of drug-likeness (QED) is 0.736. The number of rotatable bonds is 6. The van der Waals surface area contributed by atoms with Crippen molar-refractivity contribution in [2.45, 2.75) is 51.0 Å². The van der Waals surface area contributed by atoms with E-state index in [2.05, 4.69) is 23.1 Å². The first-order valence-electron chi connectivity index (χ1n) is 8.41. The van der Waals surface area contributed by atoms with Crippen LogP contribution in [0.5, 0.6) is 5.75 Å². The molecule has 3 heteroatoms. The lowest BCUT2D eigenvalue weighted by Gasteiger charge is -2.34. The molecule has 1 aromatic rings. The van der Waals surface area contributed by atoms with Crippen molar-refractivity contribution in [1.29, 1.82) is 0 Å². The van der Waals surface area contributed by atoms with Gasteiger partial charge in [-0.05, 0) is 36.5 Å². The van der Waals surface area contributed by atoms with Gasteiger partial charge in [-0.1, -0.05) is 31.4 Å². The van der Waals surface area contributed by atoms with Gasteiger partial charge in [0.1, 0.15) is 5.75 Å². The van der Waals surface area contributed by atoms with Gasteiger partial charge in [-0.25, -0.2) is 0 Å². The van der Waals surface area contributed by atoms with Crippen LogP contribution < -0.4 is 4.74 Å². The molecule has 0 N–H and O–H groups in total. The zero-order valence-corrected chi connectivity index (χ0v) is 13.6. The van der Waals surface area contributed by atoms with E-state index in [0.29, 0.717) is 0 Å². The molecule has 3 rings (SSSR count). The molecule has 1 aliphatic carbocycles. The minimum atomic E-state index is 0.745. The Balaban J connectivity index is 1.58. The Morgan fingerprint density at radius 1 is 1.14 bits per heavy atom. The number of hydrogen-bond donors (Lipinski definition) is 0. The third-order valence-corrected chi connectivity index (χ3v) is 5.07. The van der Waals surface area contributed by atoms with Gasteiger partial charge in [-0.2, -0.15) is 0 Å². The summed E-state index contributed by atoms with van der Waals surface area (Å²) >= 11 is 6.02. The first kappa shape index (κ1) is 15.2. The van der Waals surface area contributed by atoms with Crippen molar-refractivity contribution in [2.75, 3.05) is 25.6 Å². The summed E-state index contributed by atoms with van der Waals surface area (Å²) < 4.78 is 5.58. The average molecular weight is 308 g/mol. The zero-order valence-electron chi connectivity index (χ0n) is 12.8. The van der Waals surface area contributed by atoms with Gasteiger partial charge < -0.3 is 4.74 Å². The van der Waals surface area contributed by atoms with E-state index >= 15 is 0 Å². The topological polar surface area (TPSA) is 12.5 Å². The van der Waals surface area contributed by atoms with Crippen molar-refractivity contribution in [3.05, 3.63) is 29.3 Å². The molecule has 0 spiro atoms. The summed E-state index contributed by atoms with van der Waals surface area (Å²) in [5, 5.41) is 0. The van der Waals surface area contributed by atoms with E-state index in [4.69, 9.17) is 16.3 Å². The van der Waals surface area contributed by atoms with Crippen molar-refractivity contribution in [2.24, 2.45) is 0 Å². The summed E-state index contributed by atoms with van der Waals surface area (Å²) in [6, 6.07) is 7.46. The molecule has 0 amide bonds. The van der Waals surface area contributed by atoms with Gasteiger partial charge >= 0.3 is 0 Å². The predicted octanol–water partition coefficient (Wildman–Crippen LogP) is 4.04. The predicted molar refractivity (Wildman–Crippen MR) is 88.5 cm³/mol. The Morgan fingerprint density at radius 3 is 2.81 bits per heavy atom. The molecule has 1 heterocycles. The van der Waals surface area contributed by atoms with Crippen LogP contribution in [-0.2, 0) is 12.8 Å². The van der Waals surface area contributed by atoms with Gasteiger partial charge in [0, 0.05) is 31.4 Å². The summed E-state index contributed by atoms with van der Waals surface area (Å²) in [5.74, 6) is 1.83. The maximum absolute atomic E-state index is 6.02. The molecule has 0 unspecified atom stereocenters.